The fourth-order valence-electron chi connectivity index (χ4n) is 1.84. The summed E-state index contributed by atoms with van der Waals surface area (Å²) < 4.78 is 13.2. The van der Waals surface area contributed by atoms with Crippen LogP contribution in [0.1, 0.15) is 21.5 Å². The number of rotatable bonds is 4. The van der Waals surface area contributed by atoms with Gasteiger partial charge >= 0.3 is 5.97 Å². The Labute approximate surface area is 115 Å². The molecule has 0 aliphatic carbocycles. The summed E-state index contributed by atoms with van der Waals surface area (Å²) >= 11 is 0. The molecule has 0 amide bonds. The van der Waals surface area contributed by atoms with Crippen LogP contribution in [0, 0.1) is 12.7 Å². The summed E-state index contributed by atoms with van der Waals surface area (Å²) in [6, 6.07) is 9.00. The number of halogens is 1. The molecule has 0 saturated carbocycles. The van der Waals surface area contributed by atoms with Crippen molar-refractivity contribution in [3.8, 4) is 5.75 Å². The second kappa shape index (κ2) is 5.61. The number of phenolic OH excluding ortho intramolecular Hbond substituents is 1. The summed E-state index contributed by atoms with van der Waals surface area (Å²) in [5.41, 5.74) is 2.08. The van der Waals surface area contributed by atoms with Gasteiger partial charge in [-0.1, -0.05) is 18.2 Å². The van der Waals surface area contributed by atoms with Crippen molar-refractivity contribution >= 4 is 11.7 Å². The van der Waals surface area contributed by atoms with Gasteiger partial charge in [0.2, 0.25) is 0 Å². The Morgan fingerprint density at radius 3 is 2.75 bits per heavy atom. The molecule has 0 radical (unpaired) electrons. The van der Waals surface area contributed by atoms with Crippen molar-refractivity contribution < 1.29 is 19.4 Å². The molecule has 5 heteroatoms. The van der Waals surface area contributed by atoms with E-state index in [1.807, 2.05) is 6.92 Å². The zero-order chi connectivity index (χ0) is 14.7. The third-order valence-corrected chi connectivity index (χ3v) is 3.02. The van der Waals surface area contributed by atoms with Gasteiger partial charge in [0, 0.05) is 17.8 Å². The minimum absolute atomic E-state index is 0.168. The van der Waals surface area contributed by atoms with Crippen molar-refractivity contribution in [2.75, 3.05) is 5.32 Å². The van der Waals surface area contributed by atoms with Crippen molar-refractivity contribution in [2.45, 2.75) is 13.5 Å². The number of benzene rings is 2. The molecule has 3 N–H and O–H groups in total. The summed E-state index contributed by atoms with van der Waals surface area (Å²) in [5, 5.41) is 21.5. The van der Waals surface area contributed by atoms with Gasteiger partial charge in [0.15, 0.2) is 11.6 Å². The number of carboxylic acid groups (broad SMARTS) is 1. The number of anilines is 1. The molecular weight excluding hydrogens is 261 g/mol. The van der Waals surface area contributed by atoms with Crippen molar-refractivity contribution in [1.82, 2.24) is 0 Å². The van der Waals surface area contributed by atoms with Crippen LogP contribution in [-0.4, -0.2) is 16.2 Å². The van der Waals surface area contributed by atoms with Gasteiger partial charge in [-0.15, -0.1) is 0 Å². The van der Waals surface area contributed by atoms with Crippen LogP contribution in [0.2, 0.25) is 0 Å². The van der Waals surface area contributed by atoms with Crippen LogP contribution in [0.25, 0.3) is 0 Å². The Morgan fingerprint density at radius 2 is 2.05 bits per heavy atom. The largest absolute Gasteiger partial charge is 0.505 e. The number of para-hydroxylation sites is 1. The normalized spacial score (nSPS) is 10.3. The number of aryl methyl sites for hydroxylation is 1. The van der Waals surface area contributed by atoms with Gasteiger partial charge in [-0.05, 0) is 30.7 Å². The van der Waals surface area contributed by atoms with E-state index >= 15 is 0 Å². The van der Waals surface area contributed by atoms with Crippen LogP contribution in [0.5, 0.6) is 5.75 Å². The lowest BCUT2D eigenvalue weighted by Crippen LogP contribution is -2.04. The molecule has 0 aliphatic rings. The number of carboxylic acids is 1. The van der Waals surface area contributed by atoms with Gasteiger partial charge in [-0.3, -0.25) is 0 Å². The van der Waals surface area contributed by atoms with Gasteiger partial charge < -0.3 is 15.5 Å². The lowest BCUT2D eigenvalue weighted by Gasteiger charge is -2.11. The maximum atomic E-state index is 13.2. The highest BCUT2D eigenvalue weighted by Crippen LogP contribution is 2.23. The van der Waals surface area contributed by atoms with E-state index in [1.54, 1.807) is 12.1 Å². The molecular formula is C15H14FNO3. The zero-order valence-electron chi connectivity index (χ0n) is 10.9. The van der Waals surface area contributed by atoms with Crippen molar-refractivity contribution in [3.05, 3.63) is 58.9 Å². The monoisotopic (exact) mass is 275 g/mol. The number of nitrogens with one attached hydrogen (secondary N) is 1. The Morgan fingerprint density at radius 1 is 1.30 bits per heavy atom. The molecule has 104 valence electrons. The average molecular weight is 275 g/mol. The Balaban J connectivity index is 2.20. The lowest BCUT2D eigenvalue weighted by atomic mass is 10.1. The number of carbonyl (C=O) groups is 1. The lowest BCUT2D eigenvalue weighted by molar-refractivity contribution is 0.0697. The molecule has 2 aromatic rings. The van der Waals surface area contributed by atoms with Gasteiger partial charge in [-0.25, -0.2) is 9.18 Å². The third-order valence-electron chi connectivity index (χ3n) is 3.02. The van der Waals surface area contributed by atoms with Crippen LogP contribution in [0.3, 0.4) is 0 Å². The molecule has 0 unspecified atom stereocenters. The van der Waals surface area contributed by atoms with Crippen molar-refractivity contribution in [1.29, 1.82) is 0 Å². The van der Waals surface area contributed by atoms with E-state index in [2.05, 4.69) is 5.32 Å². The van der Waals surface area contributed by atoms with Crippen LogP contribution in [0.15, 0.2) is 36.4 Å². The fourth-order valence-corrected chi connectivity index (χ4v) is 1.84. The van der Waals surface area contributed by atoms with Crippen molar-refractivity contribution in [3.63, 3.8) is 0 Å². The van der Waals surface area contributed by atoms with Gasteiger partial charge in [0.1, 0.15) is 0 Å². The standard InChI is InChI=1S/C15H14FNO3/c1-9-5-6-10(15(19)20)7-13(9)17-8-11-3-2-4-12(16)14(11)18/h2-7,17-18H,8H2,1H3,(H,19,20). The maximum Gasteiger partial charge on any atom is 0.335 e. The summed E-state index contributed by atoms with van der Waals surface area (Å²) in [4.78, 5) is 10.9. The topological polar surface area (TPSA) is 69.6 Å². The summed E-state index contributed by atoms with van der Waals surface area (Å²) in [6.45, 7) is 2.03. The van der Waals surface area contributed by atoms with E-state index in [9.17, 15) is 14.3 Å². The fraction of sp³-hybridized carbons (Fsp3) is 0.133. The first kappa shape index (κ1) is 13.9. The van der Waals surface area contributed by atoms with E-state index < -0.39 is 17.5 Å². The summed E-state index contributed by atoms with van der Waals surface area (Å²) in [5.74, 6) is -2.09. The maximum absolute atomic E-state index is 13.2. The summed E-state index contributed by atoms with van der Waals surface area (Å²) in [6.07, 6.45) is 0. The highest BCUT2D eigenvalue weighted by atomic mass is 19.1. The number of phenols is 1. The molecule has 0 atom stereocenters. The van der Waals surface area contributed by atoms with Crippen LogP contribution in [0.4, 0.5) is 10.1 Å². The molecule has 4 nitrogen and oxygen atoms in total. The van der Waals surface area contributed by atoms with E-state index in [0.29, 0.717) is 11.3 Å². The first-order valence-corrected chi connectivity index (χ1v) is 6.03. The van der Waals surface area contributed by atoms with Gasteiger partial charge in [0.05, 0.1) is 5.56 Å². The first-order chi connectivity index (χ1) is 9.49. The highest BCUT2D eigenvalue weighted by molar-refractivity contribution is 5.89. The van der Waals surface area contributed by atoms with E-state index in [0.717, 1.165) is 5.56 Å². The van der Waals surface area contributed by atoms with E-state index in [1.165, 1.54) is 24.3 Å². The number of aromatic carboxylic acids is 1. The Hall–Kier alpha value is -2.56. The SMILES string of the molecule is Cc1ccc(C(=O)O)cc1NCc1cccc(F)c1O. The summed E-state index contributed by atoms with van der Waals surface area (Å²) in [7, 11) is 0. The highest BCUT2D eigenvalue weighted by Gasteiger charge is 2.09. The molecule has 0 aliphatic heterocycles. The predicted octanol–water partition coefficient (Wildman–Crippen LogP) is 3.15. The average Bonchev–Trinajstić information content (AvgIpc) is 2.41. The first-order valence-electron chi connectivity index (χ1n) is 6.03. The quantitative estimate of drug-likeness (QED) is 0.801. The minimum Gasteiger partial charge on any atom is -0.505 e. The molecule has 0 bridgehead atoms. The third kappa shape index (κ3) is 2.88. The molecule has 2 aromatic carbocycles. The predicted molar refractivity (Wildman–Crippen MR) is 73.5 cm³/mol. The molecule has 2 rings (SSSR count). The van der Waals surface area contributed by atoms with Crippen molar-refractivity contribution in [2.24, 2.45) is 0 Å². The smallest absolute Gasteiger partial charge is 0.335 e. The van der Waals surface area contributed by atoms with E-state index in [-0.39, 0.29) is 12.1 Å². The minimum atomic E-state index is -1.01. The number of hydrogen-bond donors (Lipinski definition) is 3. The number of aromatic hydroxyl groups is 1. The Kier molecular flexibility index (Phi) is 3.89. The second-order valence-electron chi connectivity index (χ2n) is 4.44. The molecule has 20 heavy (non-hydrogen) atoms. The van der Waals surface area contributed by atoms with E-state index in [4.69, 9.17) is 5.11 Å². The second-order valence-corrected chi connectivity index (χ2v) is 4.44. The van der Waals surface area contributed by atoms with Crippen LogP contribution < -0.4 is 5.32 Å². The number of hydrogen-bond acceptors (Lipinski definition) is 3. The molecule has 0 spiro atoms. The Bertz CT molecular complexity index is 656. The van der Waals surface area contributed by atoms with Crippen LogP contribution in [-0.2, 0) is 6.54 Å². The zero-order valence-corrected chi connectivity index (χ0v) is 10.9. The molecule has 0 aromatic heterocycles. The van der Waals surface area contributed by atoms with Gasteiger partial charge in [-0.2, -0.15) is 0 Å². The molecule has 0 heterocycles. The van der Waals surface area contributed by atoms with Gasteiger partial charge in [0.25, 0.3) is 0 Å². The molecule has 0 saturated heterocycles. The molecule has 0 fully saturated rings. The van der Waals surface area contributed by atoms with Crippen LogP contribution >= 0.6 is 0 Å².